The zero-order valence-corrected chi connectivity index (χ0v) is 13.3. The van der Waals surface area contributed by atoms with Gasteiger partial charge in [-0.1, -0.05) is 18.2 Å². The van der Waals surface area contributed by atoms with Crippen molar-refractivity contribution >= 4 is 28.3 Å². The van der Waals surface area contributed by atoms with E-state index in [1.54, 1.807) is 23.3 Å². The zero-order chi connectivity index (χ0) is 15.5. The highest BCUT2D eigenvalue weighted by molar-refractivity contribution is 7.09. The second-order valence-corrected chi connectivity index (χ2v) is 6.19. The van der Waals surface area contributed by atoms with E-state index < -0.39 is 0 Å². The van der Waals surface area contributed by atoms with Crippen molar-refractivity contribution in [1.82, 2.24) is 15.2 Å². The van der Waals surface area contributed by atoms with Gasteiger partial charge in [-0.3, -0.25) is 0 Å². The van der Waals surface area contributed by atoms with Crippen LogP contribution >= 0.6 is 11.3 Å². The minimum absolute atomic E-state index is 0.147. The number of hydrogen-bond acceptors (Lipinski definition) is 4. The van der Waals surface area contributed by atoms with Gasteiger partial charge in [-0.05, 0) is 19.1 Å². The predicted molar refractivity (Wildman–Crippen MR) is 86.8 cm³/mol. The third kappa shape index (κ3) is 3.28. The number of thiazole rings is 1. The van der Waals surface area contributed by atoms with E-state index in [0.29, 0.717) is 13.1 Å². The summed E-state index contributed by atoms with van der Waals surface area (Å²) in [6.07, 6.45) is 0. The summed E-state index contributed by atoms with van der Waals surface area (Å²) in [5, 5.41) is 6.87. The Morgan fingerprint density at radius 3 is 2.95 bits per heavy atom. The van der Waals surface area contributed by atoms with Crippen LogP contribution in [0, 0.1) is 6.92 Å². The van der Waals surface area contributed by atoms with Gasteiger partial charge in [-0.15, -0.1) is 11.3 Å². The van der Waals surface area contributed by atoms with E-state index in [9.17, 15) is 4.79 Å². The molecule has 1 N–H and O–H groups in total. The third-order valence-corrected chi connectivity index (χ3v) is 4.13. The number of hydrogen-bond donors (Lipinski definition) is 1. The van der Waals surface area contributed by atoms with Crippen molar-refractivity contribution in [3.05, 3.63) is 52.2 Å². The average Bonchev–Trinajstić information content (AvgIpc) is 3.10. The SMILES string of the molecule is Cc1nc(CN(C)C(=O)NCc2cc3ccccc3o2)cs1. The summed E-state index contributed by atoms with van der Waals surface area (Å²) in [4.78, 5) is 18.1. The van der Waals surface area contributed by atoms with Crippen LogP contribution in [0.15, 0.2) is 40.1 Å². The molecular formula is C16H17N3O2S. The summed E-state index contributed by atoms with van der Waals surface area (Å²) in [5.41, 5.74) is 1.74. The summed E-state index contributed by atoms with van der Waals surface area (Å²) in [5.74, 6) is 0.743. The van der Waals surface area contributed by atoms with E-state index in [1.165, 1.54) is 0 Å². The van der Waals surface area contributed by atoms with Crippen molar-refractivity contribution in [2.24, 2.45) is 0 Å². The number of urea groups is 1. The lowest BCUT2D eigenvalue weighted by molar-refractivity contribution is 0.205. The Hall–Kier alpha value is -2.34. The summed E-state index contributed by atoms with van der Waals surface area (Å²) in [6.45, 7) is 2.82. The number of fused-ring (bicyclic) bond motifs is 1. The number of benzene rings is 1. The van der Waals surface area contributed by atoms with Crippen LogP contribution in [0.4, 0.5) is 4.79 Å². The monoisotopic (exact) mass is 315 g/mol. The summed E-state index contributed by atoms with van der Waals surface area (Å²) < 4.78 is 5.68. The van der Waals surface area contributed by atoms with Crippen LogP contribution in [0.25, 0.3) is 11.0 Å². The van der Waals surface area contributed by atoms with Gasteiger partial charge in [0.15, 0.2) is 0 Å². The van der Waals surface area contributed by atoms with Crippen molar-refractivity contribution in [3.63, 3.8) is 0 Å². The molecule has 0 aliphatic heterocycles. The number of furan rings is 1. The van der Waals surface area contributed by atoms with Crippen LogP contribution in [0.5, 0.6) is 0 Å². The van der Waals surface area contributed by atoms with E-state index in [0.717, 1.165) is 27.4 Å². The minimum Gasteiger partial charge on any atom is -0.459 e. The van der Waals surface area contributed by atoms with Gasteiger partial charge in [0.25, 0.3) is 0 Å². The van der Waals surface area contributed by atoms with E-state index in [1.807, 2.05) is 42.6 Å². The maximum atomic E-state index is 12.1. The Labute approximate surface area is 132 Å². The van der Waals surface area contributed by atoms with Gasteiger partial charge in [0.1, 0.15) is 11.3 Å². The largest absolute Gasteiger partial charge is 0.459 e. The van der Waals surface area contributed by atoms with Gasteiger partial charge in [-0.2, -0.15) is 0 Å². The number of nitrogens with zero attached hydrogens (tertiary/aromatic N) is 2. The first-order chi connectivity index (χ1) is 10.6. The molecule has 0 spiro atoms. The fraction of sp³-hybridized carbons (Fsp3) is 0.250. The minimum atomic E-state index is -0.147. The molecule has 6 heteroatoms. The highest BCUT2D eigenvalue weighted by Gasteiger charge is 2.11. The first kappa shape index (κ1) is 14.6. The van der Waals surface area contributed by atoms with Crippen LogP contribution in [0.2, 0.25) is 0 Å². The molecule has 0 saturated carbocycles. The lowest BCUT2D eigenvalue weighted by Crippen LogP contribution is -2.36. The fourth-order valence-corrected chi connectivity index (χ4v) is 2.82. The van der Waals surface area contributed by atoms with E-state index in [2.05, 4.69) is 10.3 Å². The Kier molecular flexibility index (Phi) is 4.11. The van der Waals surface area contributed by atoms with Crippen LogP contribution in [-0.2, 0) is 13.1 Å². The van der Waals surface area contributed by atoms with Crippen LogP contribution in [-0.4, -0.2) is 23.0 Å². The number of aryl methyl sites for hydroxylation is 1. The molecule has 0 atom stereocenters. The molecule has 3 rings (SSSR count). The summed E-state index contributed by atoms with van der Waals surface area (Å²) in [7, 11) is 1.75. The molecule has 1 aromatic carbocycles. The number of amides is 2. The normalized spacial score (nSPS) is 10.8. The molecule has 2 amide bonds. The molecule has 0 radical (unpaired) electrons. The zero-order valence-electron chi connectivity index (χ0n) is 12.5. The molecule has 22 heavy (non-hydrogen) atoms. The van der Waals surface area contributed by atoms with Crippen molar-refractivity contribution in [2.75, 3.05) is 7.05 Å². The maximum Gasteiger partial charge on any atom is 0.317 e. The first-order valence-corrected chi connectivity index (χ1v) is 7.87. The molecule has 5 nitrogen and oxygen atoms in total. The molecule has 2 aromatic heterocycles. The van der Waals surface area contributed by atoms with Crippen molar-refractivity contribution in [3.8, 4) is 0 Å². The lowest BCUT2D eigenvalue weighted by atomic mass is 10.2. The smallest absolute Gasteiger partial charge is 0.317 e. The number of carbonyl (C=O) groups excluding carboxylic acids is 1. The summed E-state index contributed by atoms with van der Waals surface area (Å²) in [6, 6.07) is 9.59. The molecule has 3 aromatic rings. The van der Waals surface area contributed by atoms with E-state index >= 15 is 0 Å². The van der Waals surface area contributed by atoms with Gasteiger partial charge >= 0.3 is 6.03 Å². The predicted octanol–water partition coefficient (Wildman–Crippen LogP) is 3.54. The Morgan fingerprint density at radius 2 is 2.23 bits per heavy atom. The number of carbonyl (C=O) groups is 1. The fourth-order valence-electron chi connectivity index (χ4n) is 2.22. The van der Waals surface area contributed by atoms with Gasteiger partial charge in [0.05, 0.1) is 23.8 Å². The number of rotatable bonds is 4. The molecule has 0 aliphatic carbocycles. The number of aromatic nitrogens is 1. The second-order valence-electron chi connectivity index (χ2n) is 5.12. The van der Waals surface area contributed by atoms with Crippen LogP contribution in [0.3, 0.4) is 0 Å². The van der Waals surface area contributed by atoms with E-state index in [4.69, 9.17) is 4.42 Å². The Balaban J connectivity index is 1.57. The molecular weight excluding hydrogens is 298 g/mol. The lowest BCUT2D eigenvalue weighted by Gasteiger charge is -2.16. The topological polar surface area (TPSA) is 58.4 Å². The van der Waals surface area contributed by atoms with Gasteiger partial charge in [0.2, 0.25) is 0 Å². The second kappa shape index (κ2) is 6.19. The van der Waals surface area contributed by atoms with Crippen molar-refractivity contribution in [1.29, 1.82) is 0 Å². The van der Waals surface area contributed by atoms with Gasteiger partial charge in [-0.25, -0.2) is 9.78 Å². The van der Waals surface area contributed by atoms with Crippen LogP contribution < -0.4 is 5.32 Å². The first-order valence-electron chi connectivity index (χ1n) is 6.99. The maximum absolute atomic E-state index is 12.1. The molecule has 0 aliphatic rings. The quantitative estimate of drug-likeness (QED) is 0.801. The number of nitrogens with one attached hydrogen (secondary N) is 1. The van der Waals surface area contributed by atoms with Gasteiger partial charge < -0.3 is 14.6 Å². The third-order valence-electron chi connectivity index (χ3n) is 3.30. The standard InChI is InChI=1S/C16H17N3O2S/c1-11-18-13(10-22-11)9-19(2)16(20)17-8-14-7-12-5-3-4-6-15(12)21-14/h3-7,10H,8-9H2,1-2H3,(H,17,20). The molecule has 2 heterocycles. The molecule has 114 valence electrons. The molecule has 0 fully saturated rings. The van der Waals surface area contributed by atoms with E-state index in [-0.39, 0.29) is 6.03 Å². The Bertz CT molecular complexity index is 760. The van der Waals surface area contributed by atoms with Crippen LogP contribution in [0.1, 0.15) is 16.5 Å². The summed E-state index contributed by atoms with van der Waals surface area (Å²) >= 11 is 1.59. The molecule has 0 saturated heterocycles. The number of para-hydroxylation sites is 1. The molecule has 0 unspecified atom stereocenters. The Morgan fingerprint density at radius 1 is 1.41 bits per heavy atom. The van der Waals surface area contributed by atoms with Gasteiger partial charge in [0, 0.05) is 17.8 Å². The van der Waals surface area contributed by atoms with Crippen molar-refractivity contribution < 1.29 is 9.21 Å². The highest BCUT2D eigenvalue weighted by atomic mass is 32.1. The van der Waals surface area contributed by atoms with Crippen molar-refractivity contribution in [2.45, 2.75) is 20.0 Å². The molecule has 0 bridgehead atoms. The average molecular weight is 315 g/mol. The highest BCUT2D eigenvalue weighted by Crippen LogP contribution is 2.18.